The minimum atomic E-state index is -0.171. The van der Waals surface area contributed by atoms with Gasteiger partial charge in [-0.15, -0.1) is 0 Å². The normalized spacial score (nSPS) is 10.8. The minimum Gasteiger partial charge on any atom is -0.491 e. The summed E-state index contributed by atoms with van der Waals surface area (Å²) in [6.45, 7) is 1.52. The first-order chi connectivity index (χ1) is 13.6. The Morgan fingerprint density at radius 2 is 1.86 bits per heavy atom. The molecule has 0 fully saturated rings. The number of hydrogen-bond donors (Lipinski definition) is 2. The molecule has 0 saturated carbocycles. The molecule has 0 amide bonds. The number of halogens is 2. The summed E-state index contributed by atoms with van der Waals surface area (Å²) >= 11 is 7.16. The molecule has 0 saturated heterocycles. The SMILES string of the molecule is CNCCCOc1c(Br)cc(-c2c[nH]c(=O)c(Cc3ccccc3)n2)cc1Br. The van der Waals surface area contributed by atoms with Crippen molar-refractivity contribution in [1.82, 2.24) is 15.3 Å². The monoisotopic (exact) mass is 505 g/mol. The third kappa shape index (κ3) is 5.31. The summed E-state index contributed by atoms with van der Waals surface area (Å²) < 4.78 is 7.54. The zero-order valence-corrected chi connectivity index (χ0v) is 18.6. The van der Waals surface area contributed by atoms with Crippen LogP contribution in [0.5, 0.6) is 5.75 Å². The van der Waals surface area contributed by atoms with Crippen molar-refractivity contribution in [3.05, 3.63) is 79.2 Å². The molecule has 0 aliphatic carbocycles. The Labute approximate surface area is 180 Å². The Morgan fingerprint density at radius 3 is 2.54 bits per heavy atom. The van der Waals surface area contributed by atoms with Gasteiger partial charge in [-0.1, -0.05) is 30.3 Å². The predicted octanol–water partition coefficient (Wildman–Crippen LogP) is 4.54. The van der Waals surface area contributed by atoms with Crippen LogP contribution in [0, 0.1) is 0 Å². The molecule has 5 nitrogen and oxygen atoms in total. The molecule has 0 bridgehead atoms. The fraction of sp³-hybridized carbons (Fsp3) is 0.238. The molecule has 0 aliphatic heterocycles. The number of nitrogens with zero attached hydrogens (tertiary/aromatic N) is 1. The molecule has 0 aliphatic rings. The van der Waals surface area contributed by atoms with Gasteiger partial charge in [0.25, 0.3) is 5.56 Å². The first-order valence-corrected chi connectivity index (χ1v) is 10.6. The van der Waals surface area contributed by atoms with Gasteiger partial charge in [0.2, 0.25) is 0 Å². The van der Waals surface area contributed by atoms with Gasteiger partial charge in [-0.05, 0) is 69.6 Å². The molecule has 7 heteroatoms. The van der Waals surface area contributed by atoms with E-state index in [4.69, 9.17) is 4.74 Å². The maximum absolute atomic E-state index is 12.2. The molecule has 28 heavy (non-hydrogen) atoms. The fourth-order valence-electron chi connectivity index (χ4n) is 2.77. The van der Waals surface area contributed by atoms with Crippen molar-refractivity contribution >= 4 is 31.9 Å². The topological polar surface area (TPSA) is 67.0 Å². The van der Waals surface area contributed by atoms with Crippen LogP contribution in [-0.4, -0.2) is 30.2 Å². The molecule has 3 rings (SSSR count). The van der Waals surface area contributed by atoms with Crippen LogP contribution >= 0.6 is 31.9 Å². The van der Waals surface area contributed by atoms with Gasteiger partial charge >= 0.3 is 0 Å². The van der Waals surface area contributed by atoms with Crippen molar-refractivity contribution in [3.63, 3.8) is 0 Å². The summed E-state index contributed by atoms with van der Waals surface area (Å²) in [5.41, 5.74) is 2.95. The van der Waals surface area contributed by atoms with E-state index in [0.29, 0.717) is 24.4 Å². The van der Waals surface area contributed by atoms with E-state index in [-0.39, 0.29) is 5.56 Å². The lowest BCUT2D eigenvalue weighted by Gasteiger charge is -2.12. The molecule has 2 aromatic carbocycles. The highest BCUT2D eigenvalue weighted by atomic mass is 79.9. The van der Waals surface area contributed by atoms with Gasteiger partial charge in [-0.2, -0.15) is 0 Å². The van der Waals surface area contributed by atoms with Gasteiger partial charge in [-0.3, -0.25) is 4.79 Å². The molecule has 1 heterocycles. The zero-order chi connectivity index (χ0) is 19.9. The largest absolute Gasteiger partial charge is 0.491 e. The van der Waals surface area contributed by atoms with Crippen molar-refractivity contribution in [2.45, 2.75) is 12.8 Å². The van der Waals surface area contributed by atoms with Crippen LogP contribution in [-0.2, 0) is 6.42 Å². The average molecular weight is 507 g/mol. The molecule has 146 valence electrons. The lowest BCUT2D eigenvalue weighted by Crippen LogP contribution is -2.15. The van der Waals surface area contributed by atoms with Crippen LogP contribution < -0.4 is 15.6 Å². The molecule has 2 N–H and O–H groups in total. The van der Waals surface area contributed by atoms with Gasteiger partial charge in [-0.25, -0.2) is 4.98 Å². The van der Waals surface area contributed by atoms with Crippen molar-refractivity contribution < 1.29 is 4.74 Å². The average Bonchev–Trinajstić information content (AvgIpc) is 2.69. The van der Waals surface area contributed by atoms with Crippen LogP contribution in [0.2, 0.25) is 0 Å². The van der Waals surface area contributed by atoms with Crippen LogP contribution in [0.15, 0.2) is 62.4 Å². The van der Waals surface area contributed by atoms with E-state index in [2.05, 4.69) is 47.1 Å². The van der Waals surface area contributed by atoms with E-state index < -0.39 is 0 Å². The Morgan fingerprint density at radius 1 is 1.14 bits per heavy atom. The van der Waals surface area contributed by atoms with E-state index in [1.54, 1.807) is 6.20 Å². The number of benzene rings is 2. The van der Waals surface area contributed by atoms with E-state index in [9.17, 15) is 4.79 Å². The lowest BCUT2D eigenvalue weighted by atomic mass is 10.1. The molecule has 0 spiro atoms. The van der Waals surface area contributed by atoms with Crippen LogP contribution in [0.1, 0.15) is 17.7 Å². The highest BCUT2D eigenvalue weighted by molar-refractivity contribution is 9.11. The van der Waals surface area contributed by atoms with Gasteiger partial charge in [0.15, 0.2) is 0 Å². The number of H-pyrrole nitrogens is 1. The molecule has 1 aromatic heterocycles. The maximum atomic E-state index is 12.2. The second kappa shape index (κ2) is 10.0. The second-order valence-electron chi connectivity index (χ2n) is 6.30. The van der Waals surface area contributed by atoms with Crippen LogP contribution in [0.25, 0.3) is 11.3 Å². The third-order valence-corrected chi connectivity index (χ3v) is 5.36. The highest BCUT2D eigenvalue weighted by Gasteiger charge is 2.13. The number of aromatic amines is 1. The molecular formula is C21H21Br2N3O2. The standard InChI is InChI=1S/C21H21Br2N3O2/c1-24-8-5-9-28-20-16(22)11-15(12-17(20)23)19-13-25-21(27)18(26-19)10-14-6-3-2-4-7-14/h2-4,6-7,11-13,24H,5,8-10H2,1H3,(H,25,27). The lowest BCUT2D eigenvalue weighted by molar-refractivity contribution is 0.306. The van der Waals surface area contributed by atoms with Gasteiger partial charge < -0.3 is 15.0 Å². The Balaban J connectivity index is 1.85. The number of hydrogen-bond acceptors (Lipinski definition) is 4. The van der Waals surface area contributed by atoms with Gasteiger partial charge in [0.05, 0.1) is 21.2 Å². The predicted molar refractivity (Wildman–Crippen MR) is 119 cm³/mol. The smallest absolute Gasteiger partial charge is 0.270 e. The highest BCUT2D eigenvalue weighted by Crippen LogP contribution is 2.37. The number of rotatable bonds is 8. The summed E-state index contributed by atoms with van der Waals surface area (Å²) in [5, 5.41) is 3.10. The fourth-order valence-corrected chi connectivity index (χ4v) is 4.19. The second-order valence-corrected chi connectivity index (χ2v) is 8.01. The quantitative estimate of drug-likeness (QED) is 0.440. The summed E-state index contributed by atoms with van der Waals surface area (Å²) in [4.78, 5) is 19.6. The Kier molecular flexibility index (Phi) is 7.42. The first kappa shape index (κ1) is 20.8. The van der Waals surface area contributed by atoms with E-state index in [1.807, 2.05) is 49.5 Å². The van der Waals surface area contributed by atoms with Crippen molar-refractivity contribution in [2.75, 3.05) is 20.2 Å². The van der Waals surface area contributed by atoms with E-state index in [0.717, 1.165) is 38.8 Å². The summed E-state index contributed by atoms with van der Waals surface area (Å²) in [6, 6.07) is 13.7. The molecule has 0 radical (unpaired) electrons. The summed E-state index contributed by atoms with van der Waals surface area (Å²) in [6.07, 6.45) is 3.04. The summed E-state index contributed by atoms with van der Waals surface area (Å²) in [5.74, 6) is 0.758. The van der Waals surface area contributed by atoms with Crippen LogP contribution in [0.3, 0.4) is 0 Å². The number of nitrogens with one attached hydrogen (secondary N) is 2. The molecule has 0 unspecified atom stereocenters. The maximum Gasteiger partial charge on any atom is 0.270 e. The van der Waals surface area contributed by atoms with Gasteiger partial charge in [0, 0.05) is 18.2 Å². The zero-order valence-electron chi connectivity index (χ0n) is 15.5. The molecule has 3 aromatic rings. The Bertz CT molecular complexity index is 967. The van der Waals surface area contributed by atoms with Crippen molar-refractivity contribution in [1.29, 1.82) is 0 Å². The van der Waals surface area contributed by atoms with Crippen molar-refractivity contribution in [2.24, 2.45) is 0 Å². The minimum absolute atomic E-state index is 0.171. The molecule has 0 atom stereocenters. The van der Waals surface area contributed by atoms with E-state index in [1.165, 1.54) is 0 Å². The van der Waals surface area contributed by atoms with Crippen LogP contribution in [0.4, 0.5) is 0 Å². The first-order valence-electron chi connectivity index (χ1n) is 8.98. The third-order valence-electron chi connectivity index (χ3n) is 4.18. The Hall–Kier alpha value is -1.96. The molecular weight excluding hydrogens is 486 g/mol. The van der Waals surface area contributed by atoms with Crippen molar-refractivity contribution in [3.8, 4) is 17.0 Å². The number of aromatic nitrogens is 2. The summed E-state index contributed by atoms with van der Waals surface area (Å²) in [7, 11) is 1.92. The van der Waals surface area contributed by atoms with Gasteiger partial charge in [0.1, 0.15) is 11.4 Å². The number of ether oxygens (including phenoxy) is 1. The van der Waals surface area contributed by atoms with E-state index >= 15 is 0 Å².